The predicted molar refractivity (Wildman–Crippen MR) is 72.3 cm³/mol. The van der Waals surface area contributed by atoms with Crippen LogP contribution >= 0.6 is 0 Å². The smallest absolute Gasteiger partial charge is 0.356 e. The van der Waals surface area contributed by atoms with Crippen LogP contribution in [0.1, 0.15) is 33.6 Å². The monoisotopic (exact) mass is 299 g/mol. The number of carboxylic acid groups (broad SMARTS) is 1. The highest BCUT2D eigenvalue weighted by atomic mass is 16.5. The number of quaternary nitrogens is 1. The summed E-state index contributed by atoms with van der Waals surface area (Å²) in [5, 5.41) is 19.1. The fourth-order valence-electron chi connectivity index (χ4n) is 2.94. The minimum Gasteiger partial charge on any atom is -0.476 e. The molecule has 118 valence electrons. The zero-order chi connectivity index (χ0) is 15.9. The van der Waals surface area contributed by atoms with E-state index in [1.165, 1.54) is 6.92 Å². The summed E-state index contributed by atoms with van der Waals surface area (Å²) in [5.74, 6) is -1.94. The molecule has 3 atom stereocenters. The molecule has 1 saturated heterocycles. The second-order valence-corrected chi connectivity index (χ2v) is 6.31. The fourth-order valence-corrected chi connectivity index (χ4v) is 2.94. The number of ether oxygens (including phenoxy) is 1. The van der Waals surface area contributed by atoms with Crippen molar-refractivity contribution in [1.82, 2.24) is 4.90 Å². The Bertz CT molecular complexity index is 498. The van der Waals surface area contributed by atoms with Crippen LogP contribution in [0, 0.1) is 11.3 Å². The Morgan fingerprint density at radius 2 is 2.14 bits per heavy atom. The van der Waals surface area contributed by atoms with E-state index >= 15 is 0 Å². The molecule has 0 spiro atoms. The molecule has 1 fully saturated rings. The first-order valence-corrected chi connectivity index (χ1v) is 7.17. The Hall–Kier alpha value is -1.60. The lowest BCUT2D eigenvalue weighted by atomic mass is 9.84. The molecular formula is C14H23N2O5+. The highest BCUT2D eigenvalue weighted by Crippen LogP contribution is 2.48. The van der Waals surface area contributed by atoms with Crippen molar-refractivity contribution in [3.63, 3.8) is 0 Å². The lowest BCUT2D eigenvalue weighted by molar-refractivity contribution is -0.369. The van der Waals surface area contributed by atoms with E-state index < -0.39 is 35.5 Å². The number of allylic oxidation sites excluding steroid dienone is 1. The minimum atomic E-state index is -1.17. The van der Waals surface area contributed by atoms with E-state index in [9.17, 15) is 19.8 Å². The number of β-lactam (4-membered cyclic amide) rings is 1. The molecule has 2 aliphatic rings. The van der Waals surface area contributed by atoms with Gasteiger partial charge >= 0.3 is 5.97 Å². The Labute approximate surface area is 123 Å². The van der Waals surface area contributed by atoms with E-state index in [-0.39, 0.29) is 5.70 Å². The highest BCUT2D eigenvalue weighted by molar-refractivity contribution is 5.98. The number of carbonyl (C=O) groups is 2. The van der Waals surface area contributed by atoms with E-state index in [1.807, 2.05) is 13.8 Å². The van der Waals surface area contributed by atoms with Crippen LogP contribution in [0.4, 0.5) is 0 Å². The zero-order valence-corrected chi connectivity index (χ0v) is 12.6. The van der Waals surface area contributed by atoms with E-state index in [0.29, 0.717) is 5.76 Å². The van der Waals surface area contributed by atoms with Gasteiger partial charge in [0, 0.05) is 5.41 Å². The summed E-state index contributed by atoms with van der Waals surface area (Å²) in [4.78, 5) is 24.8. The Morgan fingerprint density at radius 3 is 2.62 bits per heavy atom. The number of aliphatic hydroxyl groups excluding tert-OH is 1. The molecule has 2 heterocycles. The van der Waals surface area contributed by atoms with Crippen molar-refractivity contribution >= 4 is 11.9 Å². The van der Waals surface area contributed by atoms with Crippen molar-refractivity contribution in [2.75, 3.05) is 6.54 Å². The van der Waals surface area contributed by atoms with Crippen molar-refractivity contribution in [2.45, 2.75) is 45.9 Å². The first-order chi connectivity index (χ1) is 9.72. The summed E-state index contributed by atoms with van der Waals surface area (Å²) in [6.45, 7) is 6.06. The number of hydrogen-bond acceptors (Lipinski definition) is 4. The zero-order valence-electron chi connectivity index (χ0n) is 12.6. The van der Waals surface area contributed by atoms with Crippen LogP contribution in [-0.4, -0.2) is 45.9 Å². The summed E-state index contributed by atoms with van der Waals surface area (Å²) in [5.41, 5.74) is 3.21. The van der Waals surface area contributed by atoms with Crippen molar-refractivity contribution in [3.8, 4) is 0 Å². The second kappa shape index (κ2) is 5.31. The van der Waals surface area contributed by atoms with Gasteiger partial charge in [0.15, 0.2) is 11.9 Å². The lowest BCUT2D eigenvalue weighted by Gasteiger charge is -2.42. The number of fused-ring (bicyclic) bond motifs is 1. The molecule has 7 nitrogen and oxygen atoms in total. The maximum absolute atomic E-state index is 12.1. The summed E-state index contributed by atoms with van der Waals surface area (Å²) < 4.78 is 5.76. The Morgan fingerprint density at radius 1 is 1.52 bits per heavy atom. The van der Waals surface area contributed by atoms with Gasteiger partial charge in [-0.05, 0) is 19.8 Å². The van der Waals surface area contributed by atoms with Crippen LogP contribution in [0.25, 0.3) is 0 Å². The Balaban J connectivity index is 2.33. The van der Waals surface area contributed by atoms with Gasteiger partial charge in [0.25, 0.3) is 0 Å². The van der Waals surface area contributed by atoms with Gasteiger partial charge in [-0.3, -0.25) is 9.69 Å². The number of amides is 1. The maximum Gasteiger partial charge on any atom is 0.356 e. The lowest BCUT2D eigenvalue weighted by Crippen LogP contribution is -2.62. The van der Waals surface area contributed by atoms with Crippen LogP contribution < -0.4 is 5.73 Å². The number of carbonyl (C=O) groups excluding carboxylic acids is 1. The standard InChI is InChI=1S/C14H22N2O5/c1-7(17)8-11(18)16-9(13(19)20)10(21-12(8)16)14(2,3)5-4-6-15/h7-8,12,17H,4-6,15H2,1-3H3,(H,19,20)/p+1/t7-,8+,12-/m1/s1. The molecular weight excluding hydrogens is 276 g/mol. The van der Waals surface area contributed by atoms with Gasteiger partial charge in [-0.15, -0.1) is 0 Å². The van der Waals surface area contributed by atoms with E-state index in [2.05, 4.69) is 5.73 Å². The van der Waals surface area contributed by atoms with Crippen LogP contribution in [-0.2, 0) is 14.3 Å². The molecule has 21 heavy (non-hydrogen) atoms. The molecule has 0 aromatic rings. The molecule has 2 rings (SSSR count). The van der Waals surface area contributed by atoms with E-state index in [4.69, 9.17) is 4.74 Å². The van der Waals surface area contributed by atoms with Gasteiger partial charge < -0.3 is 20.7 Å². The SMILES string of the molecule is C[C@@H](O)[C@H]1C(=O)N2C(C(=O)O)=C(C(C)(C)CCC[NH3+])O[C@H]12. The minimum absolute atomic E-state index is 0.0871. The third kappa shape index (κ3) is 2.40. The van der Waals surface area contributed by atoms with Gasteiger partial charge in [-0.2, -0.15) is 0 Å². The van der Waals surface area contributed by atoms with Crippen LogP contribution in [0.15, 0.2) is 11.5 Å². The van der Waals surface area contributed by atoms with E-state index in [1.54, 1.807) is 0 Å². The molecule has 0 bridgehead atoms. The van der Waals surface area contributed by atoms with Gasteiger partial charge in [-0.25, -0.2) is 4.79 Å². The van der Waals surface area contributed by atoms with E-state index in [0.717, 1.165) is 24.3 Å². The number of aliphatic carboxylic acids is 1. The third-order valence-corrected chi connectivity index (χ3v) is 4.17. The number of aliphatic hydroxyl groups is 1. The first kappa shape index (κ1) is 15.8. The average Bonchev–Trinajstić information content (AvgIpc) is 2.71. The summed E-state index contributed by atoms with van der Waals surface area (Å²) in [7, 11) is 0. The molecule has 7 heteroatoms. The second-order valence-electron chi connectivity index (χ2n) is 6.31. The highest BCUT2D eigenvalue weighted by Gasteiger charge is 2.60. The average molecular weight is 299 g/mol. The molecule has 0 radical (unpaired) electrons. The first-order valence-electron chi connectivity index (χ1n) is 7.17. The third-order valence-electron chi connectivity index (χ3n) is 4.17. The van der Waals surface area contributed by atoms with Crippen molar-refractivity contribution < 1.29 is 30.3 Å². The molecule has 0 unspecified atom stereocenters. The molecule has 1 amide bonds. The van der Waals surface area contributed by atoms with Crippen molar-refractivity contribution in [3.05, 3.63) is 11.5 Å². The molecule has 0 aromatic heterocycles. The fraction of sp³-hybridized carbons (Fsp3) is 0.714. The van der Waals surface area contributed by atoms with Gasteiger partial charge in [0.1, 0.15) is 11.7 Å². The quantitative estimate of drug-likeness (QED) is 0.573. The summed E-state index contributed by atoms with van der Waals surface area (Å²) in [6, 6.07) is 0. The van der Waals surface area contributed by atoms with Gasteiger partial charge in [0.2, 0.25) is 5.91 Å². The molecule has 0 aromatic carbocycles. The number of rotatable bonds is 6. The Kier molecular flexibility index (Phi) is 3.99. The molecule has 2 aliphatic heterocycles. The topological polar surface area (TPSA) is 115 Å². The van der Waals surface area contributed by atoms with Crippen molar-refractivity contribution in [2.24, 2.45) is 11.3 Å². The van der Waals surface area contributed by atoms with Crippen LogP contribution in [0.3, 0.4) is 0 Å². The normalized spacial score (nSPS) is 26.3. The molecule has 0 saturated carbocycles. The van der Waals surface area contributed by atoms with Crippen molar-refractivity contribution in [1.29, 1.82) is 0 Å². The van der Waals surface area contributed by atoms with Gasteiger partial charge in [-0.1, -0.05) is 13.8 Å². The summed E-state index contributed by atoms with van der Waals surface area (Å²) in [6.07, 6.45) is -0.00391. The number of hydrogen-bond donors (Lipinski definition) is 3. The summed E-state index contributed by atoms with van der Waals surface area (Å²) >= 11 is 0. The molecule has 0 aliphatic carbocycles. The van der Waals surface area contributed by atoms with Crippen LogP contribution in [0.2, 0.25) is 0 Å². The number of nitrogens with zero attached hydrogens (tertiary/aromatic N) is 1. The maximum atomic E-state index is 12.1. The predicted octanol–water partition coefficient (Wildman–Crippen LogP) is -0.474. The largest absolute Gasteiger partial charge is 0.476 e. The molecule has 5 N–H and O–H groups in total. The van der Waals surface area contributed by atoms with Gasteiger partial charge in [0.05, 0.1) is 12.6 Å². The van der Waals surface area contributed by atoms with Crippen LogP contribution in [0.5, 0.6) is 0 Å². The number of carboxylic acids is 1.